The number of aryl methyl sites for hydroxylation is 3. The van der Waals surface area contributed by atoms with E-state index in [4.69, 9.17) is 4.74 Å². The zero-order valence-electron chi connectivity index (χ0n) is 14.3. The second-order valence-corrected chi connectivity index (χ2v) is 5.82. The summed E-state index contributed by atoms with van der Waals surface area (Å²) in [7, 11) is 0. The highest BCUT2D eigenvalue weighted by Crippen LogP contribution is 2.19. The number of carbonyl (C=O) groups is 1. The third kappa shape index (κ3) is 4.59. The summed E-state index contributed by atoms with van der Waals surface area (Å²) in [5.74, 6) is 0.615. The summed E-state index contributed by atoms with van der Waals surface area (Å²) < 4.78 is 5.85. The summed E-state index contributed by atoms with van der Waals surface area (Å²) in [5.41, 5.74) is 4.33. The van der Waals surface area contributed by atoms with Crippen molar-refractivity contribution in [2.45, 2.75) is 46.6 Å². The van der Waals surface area contributed by atoms with Gasteiger partial charge in [0.15, 0.2) is 6.10 Å². The highest BCUT2D eigenvalue weighted by molar-refractivity contribution is 5.95. The highest BCUT2D eigenvalue weighted by atomic mass is 16.5. The van der Waals surface area contributed by atoms with Gasteiger partial charge in [-0.05, 0) is 56.0 Å². The molecule has 0 aliphatic heterocycles. The molecular formula is C20H25NO2. The van der Waals surface area contributed by atoms with Gasteiger partial charge in [-0.3, -0.25) is 4.79 Å². The van der Waals surface area contributed by atoms with E-state index in [0.717, 1.165) is 23.4 Å². The van der Waals surface area contributed by atoms with Crippen LogP contribution in [0.1, 0.15) is 37.0 Å². The minimum absolute atomic E-state index is 0.112. The molecule has 0 aliphatic rings. The third-order valence-electron chi connectivity index (χ3n) is 3.91. The topological polar surface area (TPSA) is 38.3 Å². The predicted octanol–water partition coefficient (Wildman–Crippen LogP) is 4.66. The molecule has 2 aromatic rings. The molecule has 122 valence electrons. The van der Waals surface area contributed by atoms with Crippen LogP contribution in [0.2, 0.25) is 0 Å². The fourth-order valence-electron chi connectivity index (χ4n) is 2.46. The van der Waals surface area contributed by atoms with E-state index in [9.17, 15) is 4.79 Å². The van der Waals surface area contributed by atoms with Gasteiger partial charge in [-0.15, -0.1) is 0 Å². The number of nitrogens with one attached hydrogen (secondary N) is 1. The molecule has 23 heavy (non-hydrogen) atoms. The van der Waals surface area contributed by atoms with Gasteiger partial charge in [-0.25, -0.2) is 0 Å². The molecular weight excluding hydrogens is 286 g/mol. The van der Waals surface area contributed by atoms with Gasteiger partial charge in [-0.2, -0.15) is 0 Å². The molecule has 2 rings (SSSR count). The molecule has 0 saturated carbocycles. The van der Waals surface area contributed by atoms with Crippen LogP contribution < -0.4 is 10.1 Å². The molecule has 0 aliphatic carbocycles. The molecule has 0 saturated heterocycles. The van der Waals surface area contributed by atoms with Crippen molar-refractivity contribution in [2.75, 3.05) is 5.32 Å². The van der Waals surface area contributed by atoms with Crippen LogP contribution in [-0.4, -0.2) is 12.0 Å². The lowest BCUT2D eigenvalue weighted by molar-refractivity contribution is -0.122. The van der Waals surface area contributed by atoms with E-state index in [0.29, 0.717) is 6.42 Å². The van der Waals surface area contributed by atoms with Crippen molar-refractivity contribution >= 4 is 11.6 Å². The lowest BCUT2D eigenvalue weighted by atomic mass is 10.1. The Morgan fingerprint density at radius 1 is 1.09 bits per heavy atom. The van der Waals surface area contributed by atoms with Crippen LogP contribution in [0, 0.1) is 13.8 Å². The maximum absolute atomic E-state index is 12.5. The van der Waals surface area contributed by atoms with Gasteiger partial charge < -0.3 is 10.1 Å². The van der Waals surface area contributed by atoms with Crippen molar-refractivity contribution in [3.63, 3.8) is 0 Å². The monoisotopic (exact) mass is 311 g/mol. The van der Waals surface area contributed by atoms with E-state index in [1.807, 2.05) is 57.2 Å². The molecule has 0 aromatic heterocycles. The fraction of sp³-hybridized carbons (Fsp3) is 0.350. The van der Waals surface area contributed by atoms with E-state index in [1.54, 1.807) is 0 Å². The molecule has 3 heteroatoms. The Morgan fingerprint density at radius 2 is 1.78 bits per heavy atom. The number of carbonyl (C=O) groups excluding carboxylic acids is 1. The zero-order valence-corrected chi connectivity index (χ0v) is 14.3. The van der Waals surface area contributed by atoms with Crippen LogP contribution >= 0.6 is 0 Å². The van der Waals surface area contributed by atoms with Gasteiger partial charge in [-0.1, -0.05) is 43.7 Å². The first-order valence-electron chi connectivity index (χ1n) is 8.17. The quantitative estimate of drug-likeness (QED) is 0.842. The zero-order chi connectivity index (χ0) is 16.8. The first kappa shape index (κ1) is 17.1. The average Bonchev–Trinajstić information content (AvgIpc) is 2.55. The highest BCUT2D eigenvalue weighted by Gasteiger charge is 2.19. The van der Waals surface area contributed by atoms with Crippen molar-refractivity contribution < 1.29 is 9.53 Å². The number of hydrogen-bond donors (Lipinski definition) is 1. The largest absolute Gasteiger partial charge is 0.481 e. The minimum Gasteiger partial charge on any atom is -0.481 e. The summed E-state index contributed by atoms with van der Waals surface area (Å²) in [6, 6.07) is 13.9. The van der Waals surface area contributed by atoms with Crippen molar-refractivity contribution in [3.05, 3.63) is 59.2 Å². The summed E-state index contributed by atoms with van der Waals surface area (Å²) >= 11 is 0. The molecule has 1 atom stereocenters. The maximum atomic E-state index is 12.5. The van der Waals surface area contributed by atoms with Gasteiger partial charge in [0.2, 0.25) is 0 Å². The molecule has 1 amide bonds. The molecule has 1 unspecified atom stereocenters. The van der Waals surface area contributed by atoms with Crippen molar-refractivity contribution in [3.8, 4) is 5.75 Å². The van der Waals surface area contributed by atoms with Crippen LogP contribution in [-0.2, 0) is 11.2 Å². The minimum atomic E-state index is -0.497. The lowest BCUT2D eigenvalue weighted by Gasteiger charge is -2.18. The van der Waals surface area contributed by atoms with Crippen LogP contribution in [0.15, 0.2) is 42.5 Å². The molecule has 2 aromatic carbocycles. The average molecular weight is 311 g/mol. The van der Waals surface area contributed by atoms with Crippen molar-refractivity contribution in [1.82, 2.24) is 0 Å². The summed E-state index contributed by atoms with van der Waals surface area (Å²) in [4.78, 5) is 12.5. The summed E-state index contributed by atoms with van der Waals surface area (Å²) in [6.07, 6.45) is 1.11. The maximum Gasteiger partial charge on any atom is 0.265 e. The number of benzene rings is 2. The Bertz CT molecular complexity index is 662. The van der Waals surface area contributed by atoms with Gasteiger partial charge in [0.1, 0.15) is 5.75 Å². The number of hydrogen-bond acceptors (Lipinski definition) is 2. The Morgan fingerprint density at radius 3 is 2.35 bits per heavy atom. The van der Waals surface area contributed by atoms with Crippen LogP contribution in [0.4, 0.5) is 5.69 Å². The molecule has 1 N–H and O–H groups in total. The normalized spacial score (nSPS) is 11.8. The van der Waals surface area contributed by atoms with Gasteiger partial charge >= 0.3 is 0 Å². The molecule has 0 radical (unpaired) electrons. The molecule has 0 spiro atoms. The first-order valence-corrected chi connectivity index (χ1v) is 8.17. The second-order valence-electron chi connectivity index (χ2n) is 5.82. The van der Waals surface area contributed by atoms with E-state index in [2.05, 4.69) is 18.3 Å². The Labute approximate surface area is 138 Å². The van der Waals surface area contributed by atoms with Crippen molar-refractivity contribution in [2.24, 2.45) is 0 Å². The summed E-state index contributed by atoms with van der Waals surface area (Å²) in [5, 5.41) is 2.97. The second kappa shape index (κ2) is 7.82. The first-order chi connectivity index (χ1) is 11.0. The van der Waals surface area contributed by atoms with E-state index in [-0.39, 0.29) is 5.91 Å². The molecule has 0 bridgehead atoms. The van der Waals surface area contributed by atoms with Gasteiger partial charge in [0.25, 0.3) is 5.91 Å². The SMILES string of the molecule is CCc1ccc(OC(CC)C(=O)Nc2ccc(C)cc2C)cc1. The Kier molecular flexibility index (Phi) is 5.80. The van der Waals surface area contributed by atoms with E-state index in [1.165, 1.54) is 11.1 Å². The number of amides is 1. The smallest absolute Gasteiger partial charge is 0.265 e. The molecule has 3 nitrogen and oxygen atoms in total. The van der Waals surface area contributed by atoms with E-state index < -0.39 is 6.10 Å². The van der Waals surface area contributed by atoms with Gasteiger partial charge in [0.05, 0.1) is 0 Å². The fourth-order valence-corrected chi connectivity index (χ4v) is 2.46. The van der Waals surface area contributed by atoms with Gasteiger partial charge in [0, 0.05) is 5.69 Å². The standard InChI is InChI=1S/C20H25NO2/c1-5-16-8-10-17(11-9-16)23-19(6-2)20(22)21-18-12-7-14(3)13-15(18)4/h7-13,19H,5-6H2,1-4H3,(H,21,22). The Balaban J connectivity index is 2.05. The predicted molar refractivity (Wildman–Crippen MR) is 95.1 cm³/mol. The summed E-state index contributed by atoms with van der Waals surface area (Å²) in [6.45, 7) is 8.10. The number of anilines is 1. The lowest BCUT2D eigenvalue weighted by Crippen LogP contribution is -2.32. The van der Waals surface area contributed by atoms with Crippen LogP contribution in [0.3, 0.4) is 0 Å². The van der Waals surface area contributed by atoms with Crippen LogP contribution in [0.5, 0.6) is 5.75 Å². The molecule has 0 fully saturated rings. The number of ether oxygens (including phenoxy) is 1. The van der Waals surface area contributed by atoms with Crippen molar-refractivity contribution in [1.29, 1.82) is 0 Å². The Hall–Kier alpha value is -2.29. The molecule has 0 heterocycles. The van der Waals surface area contributed by atoms with E-state index >= 15 is 0 Å². The third-order valence-corrected chi connectivity index (χ3v) is 3.91. The number of rotatable bonds is 6. The van der Waals surface area contributed by atoms with Crippen LogP contribution in [0.25, 0.3) is 0 Å².